The van der Waals surface area contributed by atoms with Gasteiger partial charge in [0.15, 0.2) is 0 Å². The number of carbonyl (C=O) groups excluding carboxylic acids is 1. The van der Waals surface area contributed by atoms with Gasteiger partial charge in [-0.1, -0.05) is 0 Å². The van der Waals surface area contributed by atoms with Crippen LogP contribution in [0.25, 0.3) is 0 Å². The molecule has 2 heterocycles. The Balaban J connectivity index is 0.00000147. The van der Waals surface area contributed by atoms with Crippen LogP contribution in [0.4, 0.5) is 0 Å². The zero-order valence-corrected chi connectivity index (χ0v) is 12.2. The molecule has 0 bridgehead atoms. The van der Waals surface area contributed by atoms with E-state index in [1.807, 2.05) is 6.07 Å². The van der Waals surface area contributed by atoms with Crippen LogP contribution in [0.3, 0.4) is 0 Å². The minimum atomic E-state index is -0.232. The highest BCUT2D eigenvalue weighted by Gasteiger charge is 2.22. The lowest BCUT2D eigenvalue weighted by Gasteiger charge is -2.27. The molecule has 0 radical (unpaired) electrons. The van der Waals surface area contributed by atoms with E-state index in [9.17, 15) is 9.59 Å². The first kappa shape index (κ1) is 15.1. The molecule has 5 nitrogen and oxygen atoms in total. The van der Waals surface area contributed by atoms with Crippen LogP contribution in [0, 0.1) is 0 Å². The van der Waals surface area contributed by atoms with Crippen LogP contribution in [-0.2, 0) is 12.8 Å². The number of piperazine rings is 1. The highest BCUT2D eigenvalue weighted by atomic mass is 35.5. The topological polar surface area (TPSA) is 65.2 Å². The predicted molar refractivity (Wildman–Crippen MR) is 79.7 cm³/mol. The van der Waals surface area contributed by atoms with Gasteiger partial charge in [-0.3, -0.25) is 9.59 Å². The Kier molecular flexibility index (Phi) is 4.83. The second-order valence-electron chi connectivity index (χ2n) is 5.27. The zero-order chi connectivity index (χ0) is 13.2. The second-order valence-corrected chi connectivity index (χ2v) is 5.27. The van der Waals surface area contributed by atoms with Gasteiger partial charge in [-0.05, 0) is 37.3 Å². The molecule has 0 aromatic carbocycles. The number of aryl methyl sites for hydroxylation is 2. The average molecular weight is 298 g/mol. The number of rotatable bonds is 1. The summed E-state index contributed by atoms with van der Waals surface area (Å²) in [4.78, 5) is 29.1. The summed E-state index contributed by atoms with van der Waals surface area (Å²) in [6.45, 7) is 2.95. The zero-order valence-electron chi connectivity index (χ0n) is 11.4. The first-order valence-corrected chi connectivity index (χ1v) is 7.01. The lowest BCUT2D eigenvalue weighted by Crippen LogP contribution is -2.47. The minimum Gasteiger partial charge on any atom is -0.336 e. The van der Waals surface area contributed by atoms with Crippen molar-refractivity contribution in [2.24, 2.45) is 0 Å². The monoisotopic (exact) mass is 297 g/mol. The molecule has 0 unspecified atom stereocenters. The van der Waals surface area contributed by atoms with E-state index in [4.69, 9.17) is 0 Å². The Morgan fingerprint density at radius 3 is 2.60 bits per heavy atom. The van der Waals surface area contributed by atoms with Crippen molar-refractivity contribution in [2.75, 3.05) is 26.2 Å². The number of halogens is 1. The maximum atomic E-state index is 12.4. The summed E-state index contributed by atoms with van der Waals surface area (Å²) < 4.78 is 0. The van der Waals surface area contributed by atoms with Crippen molar-refractivity contribution in [3.05, 3.63) is 33.2 Å². The van der Waals surface area contributed by atoms with E-state index in [-0.39, 0.29) is 23.9 Å². The molecule has 0 atom stereocenters. The summed E-state index contributed by atoms with van der Waals surface area (Å²) in [5.41, 5.74) is 2.24. The molecule has 0 spiro atoms. The Bertz CT molecular complexity index is 550. The molecule has 1 saturated heterocycles. The fourth-order valence-electron chi connectivity index (χ4n) is 2.87. The summed E-state index contributed by atoms with van der Waals surface area (Å²) in [5, 5.41) is 3.21. The van der Waals surface area contributed by atoms with Gasteiger partial charge >= 0.3 is 0 Å². The van der Waals surface area contributed by atoms with Gasteiger partial charge in [-0.25, -0.2) is 0 Å². The second kappa shape index (κ2) is 6.41. The number of nitrogens with one attached hydrogen (secondary N) is 2. The molecular formula is C14H20ClN3O2. The number of nitrogens with zero attached hydrogens (tertiary/aromatic N) is 1. The van der Waals surface area contributed by atoms with Gasteiger partial charge < -0.3 is 15.2 Å². The molecule has 0 saturated carbocycles. The lowest BCUT2D eigenvalue weighted by atomic mass is 9.95. The molecule has 1 amide bonds. The molecule has 1 fully saturated rings. The van der Waals surface area contributed by atoms with Crippen molar-refractivity contribution >= 4 is 18.3 Å². The molecule has 110 valence electrons. The molecule has 1 aromatic heterocycles. The van der Waals surface area contributed by atoms with Gasteiger partial charge in [-0.2, -0.15) is 0 Å². The number of H-pyrrole nitrogens is 1. The van der Waals surface area contributed by atoms with Crippen molar-refractivity contribution in [2.45, 2.75) is 25.7 Å². The normalized spacial score (nSPS) is 18.1. The maximum Gasteiger partial charge on any atom is 0.261 e. The Morgan fingerprint density at radius 1 is 1.15 bits per heavy atom. The maximum absolute atomic E-state index is 12.4. The Hall–Kier alpha value is -1.33. The van der Waals surface area contributed by atoms with Crippen LogP contribution < -0.4 is 10.9 Å². The Labute approximate surface area is 124 Å². The summed E-state index contributed by atoms with van der Waals surface area (Å²) >= 11 is 0. The standard InChI is InChI=1S/C14H19N3O2.ClH/c18-13-11(14(19)17-7-5-15-6-8-17)9-10-3-1-2-4-12(10)16-13;/h9,15H,1-8H2,(H,16,18);1H. The van der Waals surface area contributed by atoms with Crippen LogP contribution in [-0.4, -0.2) is 42.0 Å². The largest absolute Gasteiger partial charge is 0.336 e. The third kappa shape index (κ3) is 2.88. The molecule has 3 rings (SSSR count). The third-order valence-electron chi connectivity index (χ3n) is 3.97. The van der Waals surface area contributed by atoms with E-state index >= 15 is 0 Å². The summed E-state index contributed by atoms with van der Waals surface area (Å²) in [7, 11) is 0. The molecule has 20 heavy (non-hydrogen) atoms. The number of fused-ring (bicyclic) bond motifs is 1. The summed E-state index contributed by atoms with van der Waals surface area (Å²) in [6, 6.07) is 1.82. The molecule has 1 aliphatic carbocycles. The number of pyridine rings is 1. The first-order valence-electron chi connectivity index (χ1n) is 7.01. The van der Waals surface area contributed by atoms with Gasteiger partial charge in [0.2, 0.25) is 0 Å². The molecule has 1 aliphatic heterocycles. The number of hydrogen-bond acceptors (Lipinski definition) is 3. The molecule has 6 heteroatoms. The quantitative estimate of drug-likeness (QED) is 0.803. The molecular weight excluding hydrogens is 278 g/mol. The van der Waals surface area contributed by atoms with E-state index in [0.29, 0.717) is 18.7 Å². The first-order chi connectivity index (χ1) is 9.25. The van der Waals surface area contributed by atoms with E-state index in [0.717, 1.165) is 50.0 Å². The number of aromatic nitrogens is 1. The number of hydrogen-bond donors (Lipinski definition) is 2. The minimum absolute atomic E-state index is 0. The van der Waals surface area contributed by atoms with E-state index < -0.39 is 0 Å². The van der Waals surface area contributed by atoms with Crippen LogP contribution in [0.5, 0.6) is 0 Å². The van der Waals surface area contributed by atoms with E-state index in [1.165, 1.54) is 0 Å². The number of amides is 1. The van der Waals surface area contributed by atoms with Crippen LogP contribution in [0.2, 0.25) is 0 Å². The average Bonchev–Trinajstić information content (AvgIpc) is 2.47. The van der Waals surface area contributed by atoms with Gasteiger partial charge in [0.25, 0.3) is 11.5 Å². The van der Waals surface area contributed by atoms with Gasteiger partial charge in [0.05, 0.1) is 0 Å². The van der Waals surface area contributed by atoms with E-state index in [2.05, 4.69) is 10.3 Å². The van der Waals surface area contributed by atoms with Gasteiger partial charge in [-0.15, -0.1) is 12.4 Å². The van der Waals surface area contributed by atoms with Crippen molar-refractivity contribution in [3.8, 4) is 0 Å². The van der Waals surface area contributed by atoms with Crippen LogP contribution >= 0.6 is 12.4 Å². The van der Waals surface area contributed by atoms with E-state index in [1.54, 1.807) is 4.90 Å². The van der Waals surface area contributed by atoms with Crippen molar-refractivity contribution in [3.63, 3.8) is 0 Å². The lowest BCUT2D eigenvalue weighted by molar-refractivity contribution is 0.0734. The number of carbonyl (C=O) groups is 1. The summed E-state index contributed by atoms with van der Waals surface area (Å²) in [6.07, 6.45) is 4.15. The molecule has 2 N–H and O–H groups in total. The number of aromatic amines is 1. The molecule has 1 aromatic rings. The smallest absolute Gasteiger partial charge is 0.261 e. The third-order valence-corrected chi connectivity index (χ3v) is 3.97. The Morgan fingerprint density at radius 2 is 1.85 bits per heavy atom. The fourth-order valence-corrected chi connectivity index (χ4v) is 2.87. The summed E-state index contributed by atoms with van der Waals surface area (Å²) in [5.74, 6) is -0.129. The van der Waals surface area contributed by atoms with Gasteiger partial charge in [0, 0.05) is 31.9 Å². The van der Waals surface area contributed by atoms with Gasteiger partial charge in [0.1, 0.15) is 5.56 Å². The SMILES string of the molecule is Cl.O=C(c1cc2c([nH]c1=O)CCCC2)N1CCNCC1. The molecule has 2 aliphatic rings. The highest BCUT2D eigenvalue weighted by molar-refractivity contribution is 5.94. The van der Waals surface area contributed by atoms with Crippen molar-refractivity contribution < 1.29 is 4.79 Å². The van der Waals surface area contributed by atoms with Crippen molar-refractivity contribution in [1.29, 1.82) is 0 Å². The fraction of sp³-hybridized carbons (Fsp3) is 0.571. The predicted octanol–water partition coefficient (Wildman–Crippen LogP) is 0.721. The van der Waals surface area contributed by atoms with Crippen molar-refractivity contribution in [1.82, 2.24) is 15.2 Å². The van der Waals surface area contributed by atoms with Crippen LogP contribution in [0.1, 0.15) is 34.5 Å². The highest BCUT2D eigenvalue weighted by Crippen LogP contribution is 2.19. The van der Waals surface area contributed by atoms with Crippen LogP contribution in [0.15, 0.2) is 10.9 Å².